The van der Waals surface area contributed by atoms with Crippen LogP contribution in [0.1, 0.15) is 137 Å². The normalized spacial score (nSPS) is 25.5. The highest BCUT2D eigenvalue weighted by Gasteiger charge is 2.59. The highest BCUT2D eigenvalue weighted by molar-refractivity contribution is 5.75. The smallest absolute Gasteiger partial charge is 0.303 e. The molecule has 1 amide bonds. The fourth-order valence-electron chi connectivity index (χ4n) is 5.82. The Morgan fingerprint density at radius 2 is 1.22 bits per heavy atom. The predicted octanol–water partition coefficient (Wildman–Crippen LogP) is 5.62. The van der Waals surface area contributed by atoms with Crippen molar-refractivity contribution in [3.63, 3.8) is 0 Å². The molecule has 0 aromatic carbocycles. The molecule has 12 heteroatoms. The van der Waals surface area contributed by atoms with E-state index in [-0.39, 0.29) is 25.7 Å². The van der Waals surface area contributed by atoms with E-state index in [4.69, 9.17) is 33.2 Å². The first-order valence-corrected chi connectivity index (χ1v) is 17.4. The van der Waals surface area contributed by atoms with Crippen LogP contribution in [0.25, 0.3) is 0 Å². The zero-order valence-corrected chi connectivity index (χ0v) is 28.8. The van der Waals surface area contributed by atoms with Crippen molar-refractivity contribution in [3.05, 3.63) is 0 Å². The summed E-state index contributed by atoms with van der Waals surface area (Å²) >= 11 is 0. The van der Waals surface area contributed by atoms with Crippen molar-refractivity contribution in [1.29, 1.82) is 0 Å². The van der Waals surface area contributed by atoms with Gasteiger partial charge in [-0.15, -0.1) is 0 Å². The summed E-state index contributed by atoms with van der Waals surface area (Å²) in [6, 6.07) is 0. The number of fused-ring (bicyclic) bond motifs is 1. The van der Waals surface area contributed by atoms with Gasteiger partial charge in [-0.05, 0) is 6.42 Å². The highest BCUT2D eigenvalue weighted by atomic mass is 16.9. The van der Waals surface area contributed by atoms with Crippen LogP contribution >= 0.6 is 0 Å². The summed E-state index contributed by atoms with van der Waals surface area (Å²) < 4.78 is 39.4. The third-order valence-electron chi connectivity index (χ3n) is 8.12. The number of unbranched alkanes of at least 4 members (excludes halogenated alkanes) is 14. The first-order valence-electron chi connectivity index (χ1n) is 17.4. The van der Waals surface area contributed by atoms with Crippen molar-refractivity contribution >= 4 is 23.8 Å². The monoisotopic (exact) mass is 657 g/mol. The predicted molar refractivity (Wildman–Crippen MR) is 169 cm³/mol. The molecule has 266 valence electrons. The summed E-state index contributed by atoms with van der Waals surface area (Å²) in [6.45, 7) is 7.50. The Kier molecular flexibility index (Phi) is 19.4. The van der Waals surface area contributed by atoms with Gasteiger partial charge in [0.15, 0.2) is 24.6 Å². The largest absolute Gasteiger partial charge is 0.463 e. The lowest BCUT2D eigenvalue weighted by atomic mass is 9.98. The second-order valence-corrected chi connectivity index (χ2v) is 12.5. The molecule has 6 atom stereocenters. The molecule has 2 aliphatic rings. The van der Waals surface area contributed by atoms with E-state index in [1.54, 1.807) is 0 Å². The third kappa shape index (κ3) is 16.0. The van der Waals surface area contributed by atoms with Gasteiger partial charge in [0, 0.05) is 40.7 Å². The average Bonchev–Trinajstić information content (AvgIpc) is 3.33. The average molecular weight is 658 g/mol. The minimum atomic E-state index is -1.59. The molecule has 0 aromatic heterocycles. The Bertz CT molecular complexity index is 916. The molecule has 0 aromatic rings. The molecular weight excluding hydrogens is 598 g/mol. The van der Waals surface area contributed by atoms with Gasteiger partial charge in [-0.25, -0.2) is 0 Å². The van der Waals surface area contributed by atoms with Crippen LogP contribution in [0, 0.1) is 0 Å². The molecule has 0 aliphatic carbocycles. The number of hydrogen-bond acceptors (Lipinski definition) is 11. The van der Waals surface area contributed by atoms with Gasteiger partial charge < -0.3 is 33.7 Å². The van der Waals surface area contributed by atoms with Gasteiger partial charge in [0.05, 0.1) is 6.61 Å². The topological polar surface area (TPSA) is 145 Å². The fourth-order valence-corrected chi connectivity index (χ4v) is 5.82. The SMILES string of the molecule is CCCCCCCCCCCCCCCCCC(=O)NCCOC1(C)O[C@H]2O[C@H](COC(C)=O)[C@H](OC(C)=O)[C@H](OC(C)=O)[C@H]2O1. The lowest BCUT2D eigenvalue weighted by Crippen LogP contribution is -2.60. The molecule has 2 rings (SSSR count). The Hall–Kier alpha value is -2.28. The Labute approximate surface area is 275 Å². The first kappa shape index (κ1) is 39.9. The highest BCUT2D eigenvalue weighted by Crippen LogP contribution is 2.39. The van der Waals surface area contributed by atoms with Gasteiger partial charge in [-0.1, -0.05) is 96.8 Å². The van der Waals surface area contributed by atoms with E-state index in [1.807, 2.05) is 0 Å². The Morgan fingerprint density at radius 3 is 1.74 bits per heavy atom. The zero-order chi connectivity index (χ0) is 33.8. The molecular formula is C34H59NO11. The van der Waals surface area contributed by atoms with Crippen LogP contribution in [0.3, 0.4) is 0 Å². The van der Waals surface area contributed by atoms with Crippen molar-refractivity contribution in [1.82, 2.24) is 5.32 Å². The lowest BCUT2D eigenvalue weighted by molar-refractivity contribution is -0.343. The number of nitrogens with one attached hydrogen (secondary N) is 1. The molecule has 1 unspecified atom stereocenters. The molecule has 2 aliphatic heterocycles. The molecule has 12 nitrogen and oxygen atoms in total. The van der Waals surface area contributed by atoms with Crippen LogP contribution in [-0.2, 0) is 52.3 Å². The maximum atomic E-state index is 12.3. The summed E-state index contributed by atoms with van der Waals surface area (Å²) in [5, 5.41) is 2.85. The number of rotatable bonds is 24. The van der Waals surface area contributed by atoms with Crippen molar-refractivity contribution in [2.45, 2.75) is 174 Å². The van der Waals surface area contributed by atoms with Crippen molar-refractivity contribution < 1.29 is 52.3 Å². The van der Waals surface area contributed by atoms with Gasteiger partial charge in [-0.2, -0.15) is 0 Å². The summed E-state index contributed by atoms with van der Waals surface area (Å²) in [6.07, 6.45) is 14.3. The second-order valence-electron chi connectivity index (χ2n) is 12.5. The third-order valence-corrected chi connectivity index (χ3v) is 8.12. The number of amides is 1. The van der Waals surface area contributed by atoms with E-state index >= 15 is 0 Å². The fraction of sp³-hybridized carbons (Fsp3) is 0.882. The molecule has 2 fully saturated rings. The van der Waals surface area contributed by atoms with Crippen LogP contribution in [-0.4, -0.2) is 80.3 Å². The van der Waals surface area contributed by atoms with E-state index < -0.39 is 54.6 Å². The standard InChI is InChI=1S/C34H59NO11/c1-6-7-8-9-10-11-12-13-14-15-16-17-18-19-20-21-29(39)35-22-23-41-34(5)45-32-31(43-27(4)38)30(42-26(3)37)28(24-40-25(2)36)44-33(32)46-34/h28,30-33H,6-24H2,1-5H3,(H,35,39)/t28-,30+,31+,32-,33-,34?/m1/s1. The van der Waals surface area contributed by atoms with Gasteiger partial charge >= 0.3 is 17.9 Å². The van der Waals surface area contributed by atoms with Crippen LogP contribution in [0.5, 0.6) is 0 Å². The number of hydrogen-bond donors (Lipinski definition) is 1. The molecule has 2 saturated heterocycles. The van der Waals surface area contributed by atoms with Gasteiger partial charge in [0.25, 0.3) is 5.97 Å². The second kappa shape index (κ2) is 22.3. The Morgan fingerprint density at radius 1 is 0.696 bits per heavy atom. The maximum Gasteiger partial charge on any atom is 0.303 e. The van der Waals surface area contributed by atoms with Crippen LogP contribution in [0.2, 0.25) is 0 Å². The molecule has 0 radical (unpaired) electrons. The summed E-state index contributed by atoms with van der Waals surface area (Å²) in [4.78, 5) is 47.4. The molecule has 1 N–H and O–H groups in total. The summed E-state index contributed by atoms with van der Waals surface area (Å²) in [5.74, 6) is -3.47. The zero-order valence-electron chi connectivity index (χ0n) is 28.8. The minimum absolute atomic E-state index is 0.0406. The number of carbonyl (C=O) groups is 4. The minimum Gasteiger partial charge on any atom is -0.463 e. The van der Waals surface area contributed by atoms with Crippen molar-refractivity contribution in [3.8, 4) is 0 Å². The van der Waals surface area contributed by atoms with Gasteiger partial charge in [-0.3, -0.25) is 23.9 Å². The van der Waals surface area contributed by atoms with E-state index in [2.05, 4.69) is 12.2 Å². The Balaban J connectivity index is 1.62. The molecule has 0 spiro atoms. The van der Waals surface area contributed by atoms with E-state index in [1.165, 1.54) is 105 Å². The van der Waals surface area contributed by atoms with Crippen LogP contribution in [0.4, 0.5) is 0 Å². The maximum absolute atomic E-state index is 12.3. The van der Waals surface area contributed by atoms with Gasteiger partial charge in [0.1, 0.15) is 12.7 Å². The van der Waals surface area contributed by atoms with Crippen molar-refractivity contribution in [2.24, 2.45) is 0 Å². The summed E-state index contributed by atoms with van der Waals surface area (Å²) in [7, 11) is 0. The number of carbonyl (C=O) groups excluding carboxylic acids is 4. The first-order chi connectivity index (χ1) is 22.0. The van der Waals surface area contributed by atoms with Crippen molar-refractivity contribution in [2.75, 3.05) is 19.8 Å². The number of esters is 3. The molecule has 0 saturated carbocycles. The van der Waals surface area contributed by atoms with E-state index in [0.717, 1.165) is 19.3 Å². The number of ether oxygens (including phenoxy) is 7. The van der Waals surface area contributed by atoms with E-state index in [0.29, 0.717) is 6.42 Å². The molecule has 0 bridgehead atoms. The van der Waals surface area contributed by atoms with Gasteiger partial charge in [0.2, 0.25) is 5.91 Å². The van der Waals surface area contributed by atoms with Crippen LogP contribution < -0.4 is 5.32 Å². The molecule has 2 heterocycles. The quantitative estimate of drug-likeness (QED) is 0.0784. The summed E-state index contributed by atoms with van der Waals surface area (Å²) in [5.41, 5.74) is 0. The lowest BCUT2D eigenvalue weighted by Gasteiger charge is -2.40. The molecule has 46 heavy (non-hydrogen) atoms. The van der Waals surface area contributed by atoms with E-state index in [9.17, 15) is 19.2 Å². The van der Waals surface area contributed by atoms with Crippen LogP contribution in [0.15, 0.2) is 0 Å².